The summed E-state index contributed by atoms with van der Waals surface area (Å²) < 4.78 is 6.16. The lowest BCUT2D eigenvalue weighted by Gasteiger charge is -2.30. The molecule has 1 saturated heterocycles. The third kappa shape index (κ3) is 5.51. The Morgan fingerprint density at radius 3 is 2.60 bits per heavy atom. The SMILES string of the molecule is Cc1cc(C)c(CNC(=O)c2cc(OCC3CCN(C)CC3)nc3c2CN(C)N3C(C)C)c(=O)[nH]1. The minimum absolute atomic E-state index is 0.160. The molecule has 2 aromatic heterocycles. The van der Waals surface area contributed by atoms with Gasteiger partial charge in [-0.3, -0.25) is 14.6 Å². The fourth-order valence-corrected chi connectivity index (χ4v) is 5.06. The summed E-state index contributed by atoms with van der Waals surface area (Å²) in [6, 6.07) is 3.85. The van der Waals surface area contributed by atoms with E-state index in [2.05, 4.69) is 46.1 Å². The number of H-pyrrole nitrogens is 1. The summed E-state index contributed by atoms with van der Waals surface area (Å²) >= 11 is 0. The lowest BCUT2D eigenvalue weighted by atomic mass is 9.98. The molecule has 2 aromatic rings. The summed E-state index contributed by atoms with van der Waals surface area (Å²) in [6.45, 7) is 11.4. The number of aryl methyl sites for hydroxylation is 2. The summed E-state index contributed by atoms with van der Waals surface area (Å²) in [7, 11) is 4.14. The second-order valence-electron chi connectivity index (χ2n) is 10.2. The molecule has 35 heavy (non-hydrogen) atoms. The molecule has 0 aromatic carbocycles. The molecule has 0 atom stereocenters. The molecule has 0 spiro atoms. The zero-order chi connectivity index (χ0) is 25.3. The number of carbonyl (C=O) groups is 1. The zero-order valence-corrected chi connectivity index (χ0v) is 21.8. The van der Waals surface area contributed by atoms with Gasteiger partial charge in [-0.15, -0.1) is 0 Å². The number of amides is 1. The Labute approximate surface area is 207 Å². The van der Waals surface area contributed by atoms with Crippen LogP contribution in [0.1, 0.15) is 59.4 Å². The number of carbonyl (C=O) groups excluding carboxylic acids is 1. The molecule has 1 fully saturated rings. The van der Waals surface area contributed by atoms with Crippen LogP contribution < -0.4 is 20.6 Å². The first-order chi connectivity index (χ1) is 16.6. The van der Waals surface area contributed by atoms with Crippen molar-refractivity contribution in [2.24, 2.45) is 5.92 Å². The first kappa shape index (κ1) is 25.2. The number of anilines is 1. The molecule has 4 rings (SSSR count). The van der Waals surface area contributed by atoms with Gasteiger partial charge in [0.1, 0.15) is 0 Å². The van der Waals surface area contributed by atoms with E-state index in [0.717, 1.165) is 48.6 Å². The number of nitrogens with zero attached hydrogens (tertiary/aromatic N) is 4. The van der Waals surface area contributed by atoms with Crippen molar-refractivity contribution < 1.29 is 9.53 Å². The highest BCUT2D eigenvalue weighted by molar-refractivity contribution is 5.97. The van der Waals surface area contributed by atoms with Gasteiger partial charge in [0.05, 0.1) is 12.2 Å². The Hall–Kier alpha value is -2.91. The van der Waals surface area contributed by atoms with Crippen LogP contribution in [0, 0.1) is 19.8 Å². The molecule has 0 aliphatic carbocycles. The summed E-state index contributed by atoms with van der Waals surface area (Å²) in [5, 5.41) is 7.14. The van der Waals surface area contributed by atoms with E-state index in [4.69, 9.17) is 9.72 Å². The maximum absolute atomic E-state index is 13.4. The molecule has 9 heteroatoms. The number of ether oxygens (including phenoxy) is 1. The van der Waals surface area contributed by atoms with Crippen molar-refractivity contribution in [2.75, 3.05) is 38.8 Å². The number of nitrogens with one attached hydrogen (secondary N) is 2. The number of piperidine rings is 1. The maximum atomic E-state index is 13.4. The quantitative estimate of drug-likeness (QED) is 0.627. The van der Waals surface area contributed by atoms with Crippen molar-refractivity contribution in [3.8, 4) is 5.88 Å². The fraction of sp³-hybridized carbons (Fsp3) is 0.577. The molecular formula is C26H38N6O3. The van der Waals surface area contributed by atoms with E-state index in [-0.39, 0.29) is 24.1 Å². The normalized spacial score (nSPS) is 17.2. The molecule has 2 aliphatic rings. The summed E-state index contributed by atoms with van der Waals surface area (Å²) in [4.78, 5) is 35.8. The molecular weight excluding hydrogens is 444 g/mol. The second kappa shape index (κ2) is 10.4. The van der Waals surface area contributed by atoms with Crippen molar-refractivity contribution in [3.05, 3.63) is 50.4 Å². The van der Waals surface area contributed by atoms with Gasteiger partial charge < -0.3 is 19.9 Å². The maximum Gasteiger partial charge on any atom is 0.253 e. The van der Waals surface area contributed by atoms with E-state index in [1.165, 1.54) is 0 Å². The van der Waals surface area contributed by atoms with Crippen LogP contribution in [0.25, 0.3) is 0 Å². The monoisotopic (exact) mass is 482 g/mol. The molecule has 0 radical (unpaired) electrons. The summed E-state index contributed by atoms with van der Waals surface area (Å²) in [5.41, 5.74) is 3.48. The second-order valence-corrected chi connectivity index (χ2v) is 10.2. The first-order valence-electron chi connectivity index (χ1n) is 12.5. The van der Waals surface area contributed by atoms with Crippen LogP contribution in [-0.2, 0) is 13.1 Å². The standard InChI is InChI=1S/C26H38N6O3/c1-16(2)32-24-22(14-31(32)6)20(12-23(29-24)35-15-19-7-9-30(5)10-8-19)25(33)27-13-21-17(3)11-18(4)28-26(21)34/h11-12,16,19H,7-10,13-15H2,1-6H3,(H,27,33)(H,28,34). The molecule has 0 bridgehead atoms. The molecule has 0 unspecified atom stereocenters. The number of fused-ring (bicyclic) bond motifs is 1. The van der Waals surface area contributed by atoms with E-state index >= 15 is 0 Å². The number of rotatable bonds is 7. The number of pyridine rings is 2. The van der Waals surface area contributed by atoms with Gasteiger partial charge in [0, 0.05) is 49.1 Å². The van der Waals surface area contributed by atoms with Crippen LogP contribution in [0.5, 0.6) is 5.88 Å². The fourth-order valence-electron chi connectivity index (χ4n) is 5.06. The number of hydrazine groups is 1. The van der Waals surface area contributed by atoms with Gasteiger partial charge in [-0.05, 0) is 78.2 Å². The number of hydrogen-bond donors (Lipinski definition) is 2. The van der Waals surface area contributed by atoms with Crippen molar-refractivity contribution in [2.45, 2.75) is 59.7 Å². The number of aromatic amines is 1. The average Bonchev–Trinajstić information content (AvgIpc) is 3.13. The Balaban J connectivity index is 1.58. The number of aromatic nitrogens is 2. The third-order valence-electron chi connectivity index (χ3n) is 7.01. The van der Waals surface area contributed by atoms with E-state index in [0.29, 0.717) is 36.1 Å². The van der Waals surface area contributed by atoms with Crippen LogP contribution in [0.2, 0.25) is 0 Å². The molecule has 0 saturated carbocycles. The molecule has 9 nitrogen and oxygen atoms in total. The van der Waals surface area contributed by atoms with Crippen molar-refractivity contribution in [1.29, 1.82) is 0 Å². The van der Waals surface area contributed by atoms with Gasteiger partial charge in [0.15, 0.2) is 5.82 Å². The highest BCUT2D eigenvalue weighted by Crippen LogP contribution is 2.35. The van der Waals surface area contributed by atoms with E-state index in [1.807, 2.05) is 27.0 Å². The van der Waals surface area contributed by atoms with E-state index < -0.39 is 0 Å². The number of hydrogen-bond acceptors (Lipinski definition) is 7. The van der Waals surface area contributed by atoms with Crippen molar-refractivity contribution >= 4 is 11.7 Å². The predicted octanol–water partition coefficient (Wildman–Crippen LogP) is 2.61. The molecule has 4 heterocycles. The van der Waals surface area contributed by atoms with Crippen LogP contribution in [0.4, 0.5) is 5.82 Å². The first-order valence-corrected chi connectivity index (χ1v) is 12.5. The van der Waals surface area contributed by atoms with Crippen LogP contribution in [-0.4, -0.2) is 65.6 Å². The lowest BCUT2D eigenvalue weighted by molar-refractivity contribution is 0.0948. The van der Waals surface area contributed by atoms with Gasteiger partial charge in [-0.2, -0.15) is 4.98 Å². The highest BCUT2D eigenvalue weighted by Gasteiger charge is 2.33. The van der Waals surface area contributed by atoms with E-state index in [1.54, 1.807) is 6.07 Å². The Morgan fingerprint density at radius 1 is 1.23 bits per heavy atom. The zero-order valence-electron chi connectivity index (χ0n) is 21.8. The van der Waals surface area contributed by atoms with Gasteiger partial charge in [0.2, 0.25) is 5.88 Å². The van der Waals surface area contributed by atoms with Crippen LogP contribution in [0.15, 0.2) is 16.9 Å². The van der Waals surface area contributed by atoms with Crippen molar-refractivity contribution in [3.63, 3.8) is 0 Å². The van der Waals surface area contributed by atoms with Gasteiger partial charge >= 0.3 is 0 Å². The smallest absolute Gasteiger partial charge is 0.253 e. The Bertz CT molecular complexity index is 1140. The topological polar surface area (TPSA) is 93.8 Å². The predicted molar refractivity (Wildman–Crippen MR) is 137 cm³/mol. The van der Waals surface area contributed by atoms with Crippen LogP contribution in [0.3, 0.4) is 0 Å². The Kier molecular flexibility index (Phi) is 7.47. The van der Waals surface area contributed by atoms with Gasteiger partial charge in [0.25, 0.3) is 11.5 Å². The van der Waals surface area contributed by atoms with Crippen molar-refractivity contribution in [1.82, 2.24) is 25.2 Å². The average molecular weight is 483 g/mol. The molecule has 2 aliphatic heterocycles. The van der Waals surface area contributed by atoms with Gasteiger partial charge in [-0.25, -0.2) is 5.01 Å². The minimum Gasteiger partial charge on any atom is -0.477 e. The molecule has 190 valence electrons. The van der Waals surface area contributed by atoms with E-state index in [9.17, 15) is 9.59 Å². The number of likely N-dealkylation sites (tertiary alicyclic amines) is 1. The lowest BCUT2D eigenvalue weighted by Crippen LogP contribution is -2.40. The third-order valence-corrected chi connectivity index (χ3v) is 7.01. The largest absolute Gasteiger partial charge is 0.477 e. The Morgan fingerprint density at radius 2 is 1.94 bits per heavy atom. The molecule has 2 N–H and O–H groups in total. The summed E-state index contributed by atoms with van der Waals surface area (Å²) in [6.07, 6.45) is 2.19. The molecule has 1 amide bonds. The minimum atomic E-state index is -0.230. The summed E-state index contributed by atoms with van der Waals surface area (Å²) in [5.74, 6) is 1.49. The van der Waals surface area contributed by atoms with Gasteiger partial charge in [-0.1, -0.05) is 0 Å². The van der Waals surface area contributed by atoms with Crippen LogP contribution >= 0.6 is 0 Å². The highest BCUT2D eigenvalue weighted by atomic mass is 16.5.